The van der Waals surface area contributed by atoms with E-state index in [1.807, 2.05) is 0 Å². The van der Waals surface area contributed by atoms with Crippen LogP contribution in [0.3, 0.4) is 0 Å². The highest BCUT2D eigenvalue weighted by molar-refractivity contribution is 6.11. The maximum absolute atomic E-state index is 13.0. The molecular weight excluding hydrogens is 285 g/mol. The molecule has 110 valence electrons. The molecule has 0 bridgehead atoms. The van der Waals surface area contributed by atoms with Crippen molar-refractivity contribution in [3.8, 4) is 0 Å². The first-order valence-electron chi connectivity index (χ1n) is 5.94. The van der Waals surface area contributed by atoms with E-state index >= 15 is 0 Å². The van der Waals surface area contributed by atoms with Gasteiger partial charge in [-0.2, -0.15) is 13.2 Å². The van der Waals surface area contributed by atoms with Gasteiger partial charge in [0.2, 0.25) is 5.78 Å². The number of para-hydroxylation sites is 2. The first-order valence-corrected chi connectivity index (χ1v) is 5.94. The van der Waals surface area contributed by atoms with E-state index in [0.29, 0.717) is 0 Å². The number of anilines is 1. The number of furan rings is 1. The lowest BCUT2D eigenvalue weighted by Gasteiger charge is -2.10. The molecule has 0 aliphatic rings. The van der Waals surface area contributed by atoms with Gasteiger partial charge in [0.25, 0.3) is 0 Å². The molecule has 2 N–H and O–H groups in total. The summed E-state index contributed by atoms with van der Waals surface area (Å²) < 4.78 is 43.7. The van der Waals surface area contributed by atoms with Crippen LogP contribution in [0.5, 0.6) is 0 Å². The number of carbonyl (C=O) groups excluding carboxylic acids is 1. The minimum absolute atomic E-state index is 0.0305. The fraction of sp³-hybridized carbons (Fsp3) is 0.143. The molecule has 0 radical (unpaired) electrons. The van der Waals surface area contributed by atoms with Crippen molar-refractivity contribution in [2.45, 2.75) is 12.6 Å². The predicted octanol–water partition coefficient (Wildman–Crippen LogP) is 3.77. The Morgan fingerprint density at radius 3 is 2.48 bits per heavy atom. The predicted molar refractivity (Wildman–Crippen MR) is 71.7 cm³/mol. The molecule has 1 heterocycles. The number of ketones is 1. The fourth-order valence-corrected chi connectivity index (χ4v) is 1.61. The van der Waals surface area contributed by atoms with E-state index in [4.69, 9.17) is 10.2 Å². The van der Waals surface area contributed by atoms with E-state index in [1.54, 1.807) is 6.07 Å². The summed E-state index contributed by atoms with van der Waals surface area (Å²) in [4.78, 5) is 15.2. The molecule has 0 saturated carbocycles. The maximum Gasteiger partial charge on any atom is 0.429 e. The van der Waals surface area contributed by atoms with Crippen molar-refractivity contribution in [2.75, 3.05) is 5.73 Å². The number of nitrogen functional groups attached to an aromatic ring is 1. The van der Waals surface area contributed by atoms with Crippen molar-refractivity contribution in [3.05, 3.63) is 48.4 Å². The second-order valence-electron chi connectivity index (χ2n) is 4.19. The number of alkyl halides is 3. The lowest BCUT2D eigenvalue weighted by atomic mass is 10.1. The molecule has 0 aliphatic carbocycles. The molecule has 0 amide bonds. The number of hydrogen-bond donors (Lipinski definition) is 1. The third-order valence-electron chi connectivity index (χ3n) is 2.64. The molecule has 1 aromatic carbocycles. The molecule has 7 heteroatoms. The highest BCUT2D eigenvalue weighted by Gasteiger charge is 2.37. The fourth-order valence-electron chi connectivity index (χ4n) is 1.61. The van der Waals surface area contributed by atoms with E-state index < -0.39 is 24.1 Å². The Kier molecular flexibility index (Phi) is 4.11. The van der Waals surface area contributed by atoms with E-state index in [9.17, 15) is 18.0 Å². The van der Waals surface area contributed by atoms with Gasteiger partial charge in [0.05, 0.1) is 24.1 Å². The quantitative estimate of drug-likeness (QED) is 0.530. The smallest absolute Gasteiger partial charge is 0.429 e. The minimum Gasteiger partial charge on any atom is -0.461 e. The van der Waals surface area contributed by atoms with Crippen LogP contribution in [0.4, 0.5) is 24.5 Å². The standard InChI is InChI=1S/C14H11F3N2O2/c15-14(16,17)13(8-11(20)12-6-3-7-21-12)19-10-5-2-1-4-9(10)18/h1-7H,8,18H2. The molecule has 1 aromatic heterocycles. The SMILES string of the molecule is Nc1ccccc1N=C(CC(=O)c1ccco1)C(F)(F)F. The Hall–Kier alpha value is -2.57. The van der Waals surface area contributed by atoms with Crippen LogP contribution in [0.2, 0.25) is 0 Å². The van der Waals surface area contributed by atoms with Crippen LogP contribution in [-0.4, -0.2) is 17.7 Å². The number of nitrogens with zero attached hydrogens (tertiary/aromatic N) is 1. The van der Waals surface area contributed by atoms with Crippen LogP contribution >= 0.6 is 0 Å². The van der Waals surface area contributed by atoms with Crippen LogP contribution in [-0.2, 0) is 0 Å². The van der Waals surface area contributed by atoms with Crippen LogP contribution in [0, 0.1) is 0 Å². The Morgan fingerprint density at radius 2 is 1.90 bits per heavy atom. The number of halogens is 3. The molecule has 4 nitrogen and oxygen atoms in total. The van der Waals surface area contributed by atoms with Gasteiger partial charge < -0.3 is 10.2 Å². The largest absolute Gasteiger partial charge is 0.461 e. The summed E-state index contributed by atoms with van der Waals surface area (Å²) in [6, 6.07) is 8.59. The Bertz CT molecular complexity index is 661. The molecule has 2 aromatic rings. The summed E-state index contributed by atoms with van der Waals surface area (Å²) in [6.45, 7) is 0. The van der Waals surface area contributed by atoms with Crippen LogP contribution in [0.1, 0.15) is 17.0 Å². The third-order valence-corrected chi connectivity index (χ3v) is 2.64. The van der Waals surface area contributed by atoms with E-state index in [0.717, 1.165) is 0 Å². The summed E-state index contributed by atoms with van der Waals surface area (Å²) in [5, 5.41) is 0. The van der Waals surface area contributed by atoms with Gasteiger partial charge in [-0.1, -0.05) is 12.1 Å². The zero-order chi connectivity index (χ0) is 15.5. The average molecular weight is 296 g/mol. The molecule has 21 heavy (non-hydrogen) atoms. The summed E-state index contributed by atoms with van der Waals surface area (Å²) >= 11 is 0. The number of nitrogens with two attached hydrogens (primary N) is 1. The van der Waals surface area contributed by atoms with Gasteiger partial charge in [0, 0.05) is 0 Å². The monoisotopic (exact) mass is 296 g/mol. The molecule has 0 saturated heterocycles. The topological polar surface area (TPSA) is 68.6 Å². The van der Waals surface area contributed by atoms with Gasteiger partial charge >= 0.3 is 6.18 Å². The second kappa shape index (κ2) is 5.82. The van der Waals surface area contributed by atoms with Gasteiger partial charge in [-0.05, 0) is 24.3 Å². The molecule has 0 aliphatic heterocycles. The van der Waals surface area contributed by atoms with Crippen LogP contribution < -0.4 is 5.73 Å². The number of aliphatic imine (C=N–C) groups is 1. The van der Waals surface area contributed by atoms with Gasteiger partial charge in [0.15, 0.2) is 5.76 Å². The van der Waals surface area contributed by atoms with Gasteiger partial charge in [0.1, 0.15) is 5.71 Å². The summed E-state index contributed by atoms with van der Waals surface area (Å²) in [5.41, 5.74) is 4.41. The maximum atomic E-state index is 13.0. The first kappa shape index (κ1) is 14.8. The summed E-state index contributed by atoms with van der Waals surface area (Å²) in [6.07, 6.45) is -4.43. The molecule has 0 atom stereocenters. The average Bonchev–Trinajstić information content (AvgIpc) is 2.93. The molecule has 0 spiro atoms. The van der Waals surface area contributed by atoms with Gasteiger partial charge in [-0.15, -0.1) is 0 Å². The van der Waals surface area contributed by atoms with Crippen molar-refractivity contribution >= 4 is 22.9 Å². The lowest BCUT2D eigenvalue weighted by molar-refractivity contribution is -0.0601. The number of benzene rings is 1. The molecular formula is C14H11F3N2O2. The number of carbonyl (C=O) groups is 1. The van der Waals surface area contributed by atoms with Crippen LogP contribution in [0.15, 0.2) is 52.1 Å². The minimum atomic E-state index is -4.73. The Morgan fingerprint density at radius 1 is 1.19 bits per heavy atom. The first-order chi connectivity index (χ1) is 9.88. The number of rotatable bonds is 4. The molecule has 2 rings (SSSR count). The van der Waals surface area contributed by atoms with E-state index in [-0.39, 0.29) is 17.1 Å². The zero-order valence-corrected chi connectivity index (χ0v) is 10.7. The molecule has 0 unspecified atom stereocenters. The Balaban J connectivity index is 2.32. The lowest BCUT2D eigenvalue weighted by Crippen LogP contribution is -2.25. The normalized spacial score (nSPS) is 12.4. The van der Waals surface area contributed by atoms with Crippen molar-refractivity contribution in [3.63, 3.8) is 0 Å². The number of Topliss-reactive ketones (excluding diaryl/α,β-unsaturated/α-hetero) is 1. The van der Waals surface area contributed by atoms with Crippen molar-refractivity contribution in [2.24, 2.45) is 4.99 Å². The highest BCUT2D eigenvalue weighted by atomic mass is 19.4. The zero-order valence-electron chi connectivity index (χ0n) is 10.7. The highest BCUT2D eigenvalue weighted by Crippen LogP contribution is 2.27. The van der Waals surface area contributed by atoms with Crippen molar-refractivity contribution < 1.29 is 22.4 Å². The van der Waals surface area contributed by atoms with E-state index in [2.05, 4.69) is 4.99 Å². The Labute approximate surface area is 118 Å². The second-order valence-corrected chi connectivity index (χ2v) is 4.19. The third kappa shape index (κ3) is 3.71. The van der Waals surface area contributed by atoms with Crippen LogP contribution in [0.25, 0.3) is 0 Å². The molecule has 0 fully saturated rings. The van der Waals surface area contributed by atoms with Crippen molar-refractivity contribution in [1.29, 1.82) is 0 Å². The summed E-state index contributed by atoms with van der Waals surface area (Å²) in [7, 11) is 0. The number of hydrogen-bond acceptors (Lipinski definition) is 4. The van der Waals surface area contributed by atoms with Gasteiger partial charge in [-0.25, -0.2) is 4.99 Å². The summed E-state index contributed by atoms with van der Waals surface area (Å²) in [5.74, 6) is -0.946. The van der Waals surface area contributed by atoms with Crippen molar-refractivity contribution in [1.82, 2.24) is 0 Å². The van der Waals surface area contributed by atoms with E-state index in [1.165, 1.54) is 36.6 Å². The van der Waals surface area contributed by atoms with Gasteiger partial charge in [-0.3, -0.25) is 4.79 Å².